The van der Waals surface area contributed by atoms with E-state index in [4.69, 9.17) is 11.6 Å². The molecular weight excluding hydrogens is 290 g/mol. The average molecular weight is 308 g/mol. The van der Waals surface area contributed by atoms with E-state index >= 15 is 0 Å². The third-order valence-electron chi connectivity index (χ3n) is 2.40. The van der Waals surface area contributed by atoms with E-state index in [0.29, 0.717) is 16.7 Å². The summed E-state index contributed by atoms with van der Waals surface area (Å²) in [6.07, 6.45) is 0. The van der Waals surface area contributed by atoms with Crippen LogP contribution in [0.25, 0.3) is 0 Å². The normalized spacial score (nSPS) is 13.8. The van der Waals surface area contributed by atoms with Gasteiger partial charge in [0.2, 0.25) is 10.0 Å². The Hall–Kier alpha value is -0.230. The van der Waals surface area contributed by atoms with Gasteiger partial charge in [0.15, 0.2) is 0 Å². The molecule has 0 saturated carbocycles. The first-order valence-electron chi connectivity index (χ1n) is 5.59. The predicted octanol–water partition coefficient (Wildman–Crippen LogP) is 2.90. The molecule has 0 aromatic heterocycles. The quantitative estimate of drug-likeness (QED) is 0.599. The maximum Gasteiger partial charge on any atom is 0.242 e. The fourth-order valence-electron chi connectivity index (χ4n) is 1.20. The van der Waals surface area contributed by atoms with Crippen molar-refractivity contribution in [2.45, 2.75) is 16.7 Å². The van der Waals surface area contributed by atoms with Crippen molar-refractivity contribution < 1.29 is 8.42 Å². The Morgan fingerprint density at radius 1 is 1.28 bits per heavy atom. The molecule has 1 atom stereocenters. The van der Waals surface area contributed by atoms with Crippen LogP contribution >= 0.6 is 23.4 Å². The summed E-state index contributed by atoms with van der Waals surface area (Å²) < 4.78 is 24.9. The van der Waals surface area contributed by atoms with Crippen LogP contribution in [0.15, 0.2) is 34.1 Å². The second kappa shape index (κ2) is 6.80. The minimum Gasteiger partial charge on any atom is -0.207 e. The molecule has 3 nitrogen and oxygen atoms in total. The summed E-state index contributed by atoms with van der Waals surface area (Å²) in [4.78, 5) is 1.38. The average Bonchev–Trinajstić information content (AvgIpc) is 2.36. The zero-order valence-electron chi connectivity index (χ0n) is 10.8. The number of hydrogen-bond acceptors (Lipinski definition) is 3. The SMILES string of the molecule is CC(CCl)CSc1ccc(S(=O)(=O)N(C)C)cc1. The van der Waals surface area contributed by atoms with E-state index in [1.54, 1.807) is 23.9 Å². The molecule has 1 aromatic carbocycles. The second-order valence-electron chi connectivity index (χ2n) is 4.33. The smallest absolute Gasteiger partial charge is 0.207 e. The van der Waals surface area contributed by atoms with Gasteiger partial charge in [-0.15, -0.1) is 23.4 Å². The van der Waals surface area contributed by atoms with Gasteiger partial charge in [0, 0.05) is 30.6 Å². The van der Waals surface area contributed by atoms with Crippen LogP contribution in [0.3, 0.4) is 0 Å². The van der Waals surface area contributed by atoms with Gasteiger partial charge in [0.1, 0.15) is 0 Å². The van der Waals surface area contributed by atoms with Crippen LogP contribution < -0.4 is 0 Å². The molecule has 0 N–H and O–H groups in total. The zero-order valence-corrected chi connectivity index (χ0v) is 13.1. The van der Waals surface area contributed by atoms with Crippen LogP contribution in [0, 0.1) is 5.92 Å². The summed E-state index contributed by atoms with van der Waals surface area (Å²) in [6.45, 7) is 2.09. The number of benzene rings is 1. The number of sulfonamides is 1. The van der Waals surface area contributed by atoms with Crippen molar-refractivity contribution in [1.82, 2.24) is 4.31 Å². The Morgan fingerprint density at radius 3 is 2.28 bits per heavy atom. The molecule has 1 unspecified atom stereocenters. The highest BCUT2D eigenvalue weighted by Crippen LogP contribution is 2.23. The van der Waals surface area contributed by atoms with Crippen molar-refractivity contribution in [3.63, 3.8) is 0 Å². The van der Waals surface area contributed by atoms with Gasteiger partial charge in [-0.3, -0.25) is 0 Å². The summed E-state index contributed by atoms with van der Waals surface area (Å²) in [7, 11) is -0.271. The molecule has 102 valence electrons. The molecule has 0 spiro atoms. The molecule has 0 aliphatic rings. The van der Waals surface area contributed by atoms with E-state index in [2.05, 4.69) is 6.92 Å². The maximum absolute atomic E-state index is 11.9. The number of rotatable bonds is 6. The molecule has 0 bridgehead atoms. The lowest BCUT2D eigenvalue weighted by Crippen LogP contribution is -2.22. The number of nitrogens with zero attached hydrogens (tertiary/aromatic N) is 1. The lowest BCUT2D eigenvalue weighted by molar-refractivity contribution is 0.520. The Bertz CT molecular complexity index is 471. The molecule has 0 heterocycles. The van der Waals surface area contributed by atoms with Gasteiger partial charge in [0.25, 0.3) is 0 Å². The lowest BCUT2D eigenvalue weighted by atomic mass is 10.3. The number of halogens is 1. The van der Waals surface area contributed by atoms with Crippen LogP contribution in [0.5, 0.6) is 0 Å². The summed E-state index contributed by atoms with van der Waals surface area (Å²) in [5.74, 6) is 2.02. The summed E-state index contributed by atoms with van der Waals surface area (Å²) in [5.41, 5.74) is 0. The molecule has 0 radical (unpaired) electrons. The van der Waals surface area contributed by atoms with Crippen LogP contribution in [-0.4, -0.2) is 38.5 Å². The van der Waals surface area contributed by atoms with Crippen LogP contribution in [0.2, 0.25) is 0 Å². The first-order chi connectivity index (χ1) is 8.37. The monoisotopic (exact) mass is 307 g/mol. The minimum atomic E-state index is -3.33. The van der Waals surface area contributed by atoms with Gasteiger partial charge < -0.3 is 0 Å². The minimum absolute atomic E-state index is 0.322. The molecular formula is C12H18ClNO2S2. The zero-order chi connectivity index (χ0) is 13.8. The largest absolute Gasteiger partial charge is 0.242 e. The van der Waals surface area contributed by atoms with Gasteiger partial charge in [-0.25, -0.2) is 12.7 Å². The van der Waals surface area contributed by atoms with Crippen molar-refractivity contribution in [3.8, 4) is 0 Å². The van der Waals surface area contributed by atoms with Gasteiger partial charge >= 0.3 is 0 Å². The first kappa shape index (κ1) is 15.8. The molecule has 1 rings (SSSR count). The molecule has 6 heteroatoms. The molecule has 0 fully saturated rings. The molecule has 18 heavy (non-hydrogen) atoms. The third-order valence-corrected chi connectivity index (χ3v) is 6.10. The first-order valence-corrected chi connectivity index (χ1v) is 8.55. The summed E-state index contributed by atoms with van der Waals surface area (Å²) in [5, 5.41) is 0. The van der Waals surface area contributed by atoms with E-state index in [9.17, 15) is 8.42 Å². The van der Waals surface area contributed by atoms with Gasteiger partial charge in [-0.05, 0) is 30.2 Å². The standard InChI is InChI=1S/C12H18ClNO2S2/c1-10(8-13)9-17-11-4-6-12(7-5-11)18(15,16)14(2)3/h4-7,10H,8-9H2,1-3H3. The molecule has 0 aliphatic carbocycles. The Labute approximate surface area is 119 Å². The number of alkyl halides is 1. The van der Waals surface area contributed by atoms with Gasteiger partial charge in [0.05, 0.1) is 4.90 Å². The van der Waals surface area contributed by atoms with E-state index < -0.39 is 10.0 Å². The maximum atomic E-state index is 11.9. The highest BCUT2D eigenvalue weighted by Gasteiger charge is 2.16. The highest BCUT2D eigenvalue weighted by atomic mass is 35.5. The Morgan fingerprint density at radius 2 is 1.83 bits per heavy atom. The fraction of sp³-hybridized carbons (Fsp3) is 0.500. The number of hydrogen-bond donors (Lipinski definition) is 0. The molecule has 0 aliphatic heterocycles. The van der Waals surface area contributed by atoms with Crippen LogP contribution in [-0.2, 0) is 10.0 Å². The highest BCUT2D eigenvalue weighted by molar-refractivity contribution is 7.99. The van der Waals surface area contributed by atoms with Crippen LogP contribution in [0.4, 0.5) is 0 Å². The van der Waals surface area contributed by atoms with Crippen molar-refractivity contribution >= 4 is 33.4 Å². The van der Waals surface area contributed by atoms with Crippen molar-refractivity contribution in [2.75, 3.05) is 25.7 Å². The Kier molecular flexibility index (Phi) is 5.98. The predicted molar refractivity (Wildman–Crippen MR) is 77.9 cm³/mol. The molecule has 0 saturated heterocycles. The second-order valence-corrected chi connectivity index (χ2v) is 7.88. The molecule has 0 amide bonds. The van der Waals surface area contributed by atoms with E-state index in [0.717, 1.165) is 10.6 Å². The van der Waals surface area contributed by atoms with Crippen molar-refractivity contribution in [1.29, 1.82) is 0 Å². The van der Waals surface area contributed by atoms with Gasteiger partial charge in [-0.1, -0.05) is 6.92 Å². The van der Waals surface area contributed by atoms with Crippen molar-refractivity contribution in [2.24, 2.45) is 5.92 Å². The fourth-order valence-corrected chi connectivity index (χ4v) is 3.27. The number of thioether (sulfide) groups is 1. The topological polar surface area (TPSA) is 37.4 Å². The summed E-state index contributed by atoms with van der Waals surface area (Å²) >= 11 is 7.43. The van der Waals surface area contributed by atoms with E-state index in [1.807, 2.05) is 12.1 Å². The summed E-state index contributed by atoms with van der Waals surface area (Å²) in [6, 6.07) is 6.95. The third kappa shape index (κ3) is 4.16. The molecule has 1 aromatic rings. The van der Waals surface area contributed by atoms with Gasteiger partial charge in [-0.2, -0.15) is 0 Å². The lowest BCUT2D eigenvalue weighted by Gasteiger charge is -2.12. The van der Waals surface area contributed by atoms with E-state index in [1.165, 1.54) is 18.4 Å². The van der Waals surface area contributed by atoms with Crippen molar-refractivity contribution in [3.05, 3.63) is 24.3 Å². The van der Waals surface area contributed by atoms with E-state index in [-0.39, 0.29) is 0 Å². The Balaban J connectivity index is 2.75. The van der Waals surface area contributed by atoms with Crippen LogP contribution in [0.1, 0.15) is 6.92 Å².